The second-order valence-corrected chi connectivity index (χ2v) is 9.22. The van der Waals surface area contributed by atoms with Gasteiger partial charge in [-0.15, -0.1) is 11.3 Å². The van der Waals surface area contributed by atoms with Crippen molar-refractivity contribution in [2.24, 2.45) is 0 Å². The molecule has 0 spiro atoms. The maximum atomic E-state index is 13.1. The molecular weight excluding hydrogens is 430 g/mol. The highest BCUT2D eigenvalue weighted by atomic mass is 32.1. The molecule has 0 fully saturated rings. The summed E-state index contributed by atoms with van der Waals surface area (Å²) >= 11 is 1.73. The van der Waals surface area contributed by atoms with Gasteiger partial charge in [-0.25, -0.2) is 0 Å². The fraction of sp³-hybridized carbons (Fsp3) is 0.107. The van der Waals surface area contributed by atoms with E-state index in [2.05, 4.69) is 46.7 Å². The number of ketones is 1. The van der Waals surface area contributed by atoms with Crippen molar-refractivity contribution in [2.45, 2.75) is 13.1 Å². The van der Waals surface area contributed by atoms with Gasteiger partial charge in [0.1, 0.15) is 18.2 Å². The van der Waals surface area contributed by atoms with E-state index in [4.69, 9.17) is 9.47 Å². The zero-order valence-electron chi connectivity index (χ0n) is 17.9. The first-order valence-electron chi connectivity index (χ1n) is 10.9. The van der Waals surface area contributed by atoms with Gasteiger partial charge in [0.2, 0.25) is 5.78 Å². The Labute approximate surface area is 196 Å². The Kier molecular flexibility index (Phi) is 5.06. The lowest BCUT2D eigenvalue weighted by Crippen LogP contribution is -2.31. The minimum atomic E-state index is -0.0877. The third-order valence-corrected chi connectivity index (χ3v) is 6.82. The fourth-order valence-electron chi connectivity index (χ4n) is 4.28. The van der Waals surface area contributed by atoms with Crippen molar-refractivity contribution in [1.82, 2.24) is 4.90 Å². The van der Waals surface area contributed by atoms with Crippen molar-refractivity contribution in [2.75, 3.05) is 6.73 Å². The van der Waals surface area contributed by atoms with Gasteiger partial charge >= 0.3 is 0 Å². The van der Waals surface area contributed by atoms with Crippen molar-refractivity contribution in [3.8, 4) is 22.6 Å². The summed E-state index contributed by atoms with van der Waals surface area (Å²) in [5.74, 6) is 1.68. The van der Waals surface area contributed by atoms with Gasteiger partial charge in [0, 0.05) is 18.0 Å². The minimum absolute atomic E-state index is 0.0877. The van der Waals surface area contributed by atoms with Crippen molar-refractivity contribution >= 4 is 23.2 Å². The Bertz CT molecular complexity index is 1340. The molecule has 2 aliphatic rings. The largest absolute Gasteiger partial charge is 0.478 e. The molecule has 33 heavy (non-hydrogen) atoms. The number of rotatable bonds is 4. The molecule has 4 aromatic rings. The van der Waals surface area contributed by atoms with Gasteiger partial charge in [-0.2, -0.15) is 0 Å². The topological polar surface area (TPSA) is 38.8 Å². The molecule has 162 valence electrons. The zero-order valence-corrected chi connectivity index (χ0v) is 18.7. The van der Waals surface area contributed by atoms with Gasteiger partial charge in [0.15, 0.2) is 5.76 Å². The molecule has 0 N–H and O–H groups in total. The molecular formula is C28H21NO3S. The molecule has 0 saturated carbocycles. The van der Waals surface area contributed by atoms with Crippen molar-refractivity contribution in [1.29, 1.82) is 0 Å². The summed E-state index contributed by atoms with van der Waals surface area (Å²) in [6.07, 6.45) is 1.82. The maximum absolute atomic E-state index is 13.1. The number of nitrogens with zero attached hydrogens (tertiary/aromatic N) is 1. The lowest BCUT2D eigenvalue weighted by Gasteiger charge is -2.29. The van der Waals surface area contributed by atoms with Gasteiger partial charge in [0.25, 0.3) is 0 Å². The average Bonchev–Trinajstić information content (AvgIpc) is 3.48. The molecule has 0 atom stereocenters. The fourth-order valence-corrected chi connectivity index (χ4v) is 5.03. The second kappa shape index (κ2) is 8.35. The first-order valence-corrected chi connectivity index (χ1v) is 11.8. The van der Waals surface area contributed by atoms with E-state index < -0.39 is 0 Å². The molecule has 0 saturated heterocycles. The Hall–Kier alpha value is -3.67. The molecule has 3 heterocycles. The number of hydrogen-bond donors (Lipinski definition) is 0. The third-order valence-electron chi connectivity index (χ3n) is 5.96. The van der Waals surface area contributed by atoms with E-state index in [0.717, 1.165) is 34.5 Å². The Balaban J connectivity index is 1.25. The Morgan fingerprint density at radius 1 is 0.909 bits per heavy atom. The van der Waals surface area contributed by atoms with Gasteiger partial charge < -0.3 is 9.47 Å². The van der Waals surface area contributed by atoms with Crippen LogP contribution in [0.4, 0.5) is 0 Å². The predicted octanol–water partition coefficient (Wildman–Crippen LogP) is 6.38. The summed E-state index contributed by atoms with van der Waals surface area (Å²) in [7, 11) is 0. The predicted molar refractivity (Wildman–Crippen MR) is 130 cm³/mol. The first kappa shape index (κ1) is 20.0. The highest BCUT2D eigenvalue weighted by molar-refractivity contribution is 7.09. The molecule has 4 nitrogen and oxygen atoms in total. The van der Waals surface area contributed by atoms with Crippen LogP contribution >= 0.6 is 11.3 Å². The number of Topliss-reactive ketones (excluding diaryl/α,β-unsaturated/α-hetero) is 1. The van der Waals surface area contributed by atoms with Gasteiger partial charge in [-0.05, 0) is 46.3 Å². The van der Waals surface area contributed by atoms with E-state index in [1.807, 2.05) is 48.5 Å². The summed E-state index contributed by atoms with van der Waals surface area (Å²) in [5.41, 5.74) is 4.76. The monoisotopic (exact) mass is 451 g/mol. The van der Waals surface area contributed by atoms with E-state index in [9.17, 15) is 4.79 Å². The average molecular weight is 452 g/mol. The van der Waals surface area contributed by atoms with Crippen LogP contribution in [-0.2, 0) is 13.1 Å². The van der Waals surface area contributed by atoms with Crippen molar-refractivity contribution in [3.63, 3.8) is 0 Å². The van der Waals surface area contributed by atoms with E-state index >= 15 is 0 Å². The molecule has 0 bridgehead atoms. The third kappa shape index (κ3) is 3.86. The summed E-state index contributed by atoms with van der Waals surface area (Å²) in [6.45, 7) is 2.02. The number of benzene rings is 3. The number of allylic oxidation sites excluding steroid dienone is 1. The van der Waals surface area contributed by atoms with E-state index in [1.54, 1.807) is 11.3 Å². The molecule has 6 rings (SSSR count). The second-order valence-electron chi connectivity index (χ2n) is 8.19. The van der Waals surface area contributed by atoms with Gasteiger partial charge in [-0.1, -0.05) is 60.7 Å². The van der Waals surface area contributed by atoms with Crippen molar-refractivity contribution in [3.05, 3.63) is 112 Å². The highest BCUT2D eigenvalue weighted by Gasteiger charge is 2.33. The smallest absolute Gasteiger partial charge is 0.231 e. The van der Waals surface area contributed by atoms with Gasteiger partial charge in [0.05, 0.1) is 11.1 Å². The number of carbonyl (C=O) groups is 1. The number of carbonyl (C=O) groups excluding carboxylic acids is 1. The van der Waals surface area contributed by atoms with Gasteiger partial charge in [-0.3, -0.25) is 9.69 Å². The maximum Gasteiger partial charge on any atom is 0.231 e. The molecule has 2 aliphatic heterocycles. The molecule has 3 aromatic carbocycles. The number of ether oxygens (including phenoxy) is 2. The zero-order chi connectivity index (χ0) is 22.2. The molecule has 0 aliphatic carbocycles. The lowest BCUT2D eigenvalue weighted by atomic mass is 10.0. The van der Waals surface area contributed by atoms with Crippen LogP contribution in [-0.4, -0.2) is 17.4 Å². The van der Waals surface area contributed by atoms with Crippen LogP contribution in [0.3, 0.4) is 0 Å². The summed E-state index contributed by atoms with van der Waals surface area (Å²) < 4.78 is 12.1. The van der Waals surface area contributed by atoms with Crippen LogP contribution < -0.4 is 9.47 Å². The Morgan fingerprint density at radius 3 is 2.52 bits per heavy atom. The van der Waals surface area contributed by atoms with E-state index in [0.29, 0.717) is 30.3 Å². The van der Waals surface area contributed by atoms with E-state index in [-0.39, 0.29) is 5.78 Å². The molecule has 0 unspecified atom stereocenters. The summed E-state index contributed by atoms with van der Waals surface area (Å²) in [4.78, 5) is 16.6. The first-order chi connectivity index (χ1) is 16.2. The van der Waals surface area contributed by atoms with Crippen LogP contribution in [0.5, 0.6) is 11.5 Å². The van der Waals surface area contributed by atoms with Crippen LogP contribution in [0, 0.1) is 0 Å². The standard InChI is InChI=1S/C28H21NO3S/c30-27-23-12-13-25-24(17-29(18-31-25)16-22-7-4-14-33-22)28(23)32-26(27)15-19-8-10-21(11-9-19)20-5-2-1-3-6-20/h1-15H,16-18H2/b26-15-. The molecule has 0 amide bonds. The van der Waals surface area contributed by atoms with Crippen LogP contribution in [0.2, 0.25) is 0 Å². The molecule has 0 radical (unpaired) electrons. The van der Waals surface area contributed by atoms with Crippen molar-refractivity contribution < 1.29 is 14.3 Å². The molecule has 5 heteroatoms. The Morgan fingerprint density at radius 2 is 1.73 bits per heavy atom. The highest BCUT2D eigenvalue weighted by Crippen LogP contribution is 2.42. The normalized spacial score (nSPS) is 16.2. The van der Waals surface area contributed by atoms with Crippen LogP contribution in [0.15, 0.2) is 90.0 Å². The lowest BCUT2D eigenvalue weighted by molar-refractivity contribution is 0.0882. The summed E-state index contributed by atoms with van der Waals surface area (Å²) in [5, 5.41) is 2.08. The quantitative estimate of drug-likeness (QED) is 0.337. The number of thiophene rings is 1. The molecule has 1 aromatic heterocycles. The SMILES string of the molecule is O=C1/C(=C/c2ccc(-c3ccccc3)cc2)Oc2c1ccc1c2CN(Cc2cccs2)CO1. The number of fused-ring (bicyclic) bond motifs is 3. The summed E-state index contributed by atoms with van der Waals surface area (Å²) in [6, 6.07) is 26.3. The van der Waals surface area contributed by atoms with Crippen LogP contribution in [0.1, 0.15) is 26.4 Å². The van der Waals surface area contributed by atoms with Crippen LogP contribution in [0.25, 0.3) is 17.2 Å². The minimum Gasteiger partial charge on any atom is -0.478 e. The van der Waals surface area contributed by atoms with E-state index in [1.165, 1.54) is 4.88 Å². The number of hydrogen-bond acceptors (Lipinski definition) is 5.